The lowest BCUT2D eigenvalue weighted by atomic mass is 10.1. The summed E-state index contributed by atoms with van der Waals surface area (Å²) in [5.74, 6) is -1.10. The second-order valence-electron chi connectivity index (χ2n) is 5.84. The molecule has 0 spiro atoms. The van der Waals surface area contributed by atoms with E-state index in [9.17, 15) is 12.8 Å². The molecule has 0 aliphatic carbocycles. The van der Waals surface area contributed by atoms with Crippen LogP contribution >= 0.6 is 11.6 Å². The van der Waals surface area contributed by atoms with Gasteiger partial charge in [-0.05, 0) is 42.8 Å². The molecule has 0 aliphatic rings. The summed E-state index contributed by atoms with van der Waals surface area (Å²) in [6.45, 7) is 1.73. The Morgan fingerprint density at radius 1 is 1.23 bits per heavy atom. The Morgan fingerprint density at radius 2 is 2.00 bits per heavy atom. The fraction of sp³-hybridized carbons (Fsp3) is 0.167. The molecule has 5 nitrogen and oxygen atoms in total. The highest BCUT2D eigenvalue weighted by Gasteiger charge is 2.20. The van der Waals surface area contributed by atoms with Crippen molar-refractivity contribution in [2.75, 3.05) is 0 Å². The van der Waals surface area contributed by atoms with Crippen LogP contribution in [0.3, 0.4) is 0 Å². The van der Waals surface area contributed by atoms with Crippen molar-refractivity contribution < 1.29 is 12.8 Å². The number of rotatable bonds is 6. The third kappa shape index (κ3) is 4.30. The Balaban J connectivity index is 1.84. The maximum absolute atomic E-state index is 13.8. The smallest absolute Gasteiger partial charge is 0.216 e. The summed E-state index contributed by atoms with van der Waals surface area (Å²) in [4.78, 5) is 0. The first kappa shape index (κ1) is 18.6. The van der Waals surface area contributed by atoms with E-state index >= 15 is 0 Å². The minimum Gasteiger partial charge on any atom is -0.241 e. The Kier molecular flexibility index (Phi) is 5.41. The average Bonchev–Trinajstić information content (AvgIpc) is 3.12. The number of benzene rings is 2. The summed E-state index contributed by atoms with van der Waals surface area (Å²) in [5.41, 5.74) is 1.55. The fourth-order valence-electron chi connectivity index (χ4n) is 2.71. The van der Waals surface area contributed by atoms with Gasteiger partial charge in [-0.2, -0.15) is 5.10 Å². The number of aromatic nitrogens is 2. The van der Waals surface area contributed by atoms with E-state index in [4.69, 9.17) is 11.6 Å². The van der Waals surface area contributed by atoms with Crippen molar-refractivity contribution in [3.8, 4) is 5.69 Å². The molecule has 26 heavy (non-hydrogen) atoms. The Morgan fingerprint density at radius 3 is 2.73 bits per heavy atom. The van der Waals surface area contributed by atoms with E-state index < -0.39 is 27.6 Å². The van der Waals surface area contributed by atoms with Crippen molar-refractivity contribution in [1.29, 1.82) is 0 Å². The van der Waals surface area contributed by atoms with Gasteiger partial charge in [-0.15, -0.1) is 0 Å². The second kappa shape index (κ2) is 7.57. The highest BCUT2D eigenvalue weighted by Crippen LogP contribution is 2.23. The van der Waals surface area contributed by atoms with Gasteiger partial charge in [-0.3, -0.25) is 0 Å². The van der Waals surface area contributed by atoms with Gasteiger partial charge in [0.05, 0.1) is 11.4 Å². The highest BCUT2D eigenvalue weighted by atomic mass is 35.5. The molecule has 0 saturated heterocycles. The maximum atomic E-state index is 13.8. The van der Waals surface area contributed by atoms with Gasteiger partial charge in [0.1, 0.15) is 5.82 Å². The highest BCUT2D eigenvalue weighted by molar-refractivity contribution is 7.88. The van der Waals surface area contributed by atoms with E-state index in [1.165, 1.54) is 12.1 Å². The largest absolute Gasteiger partial charge is 0.241 e. The Labute approximate surface area is 156 Å². The summed E-state index contributed by atoms with van der Waals surface area (Å²) in [5, 5.41) is 4.48. The molecule has 0 aliphatic heterocycles. The molecule has 1 aromatic heterocycles. The molecule has 3 aromatic rings. The summed E-state index contributed by atoms with van der Waals surface area (Å²) in [7, 11) is -3.79. The summed E-state index contributed by atoms with van der Waals surface area (Å²) in [6.07, 6.45) is 3.43. The first-order valence-corrected chi connectivity index (χ1v) is 9.91. The molecule has 0 bridgehead atoms. The third-order valence-electron chi connectivity index (χ3n) is 3.86. The SMILES string of the molecule is CC(NS(=O)(=O)Cc1cc(Cl)ccc1F)c1ccccc1-n1cccn1. The van der Waals surface area contributed by atoms with Crippen LogP contribution in [0, 0.1) is 5.82 Å². The predicted octanol–water partition coefficient (Wildman–Crippen LogP) is 3.85. The molecule has 2 aromatic carbocycles. The number of sulfonamides is 1. The molecule has 0 radical (unpaired) electrons. The lowest BCUT2D eigenvalue weighted by Crippen LogP contribution is -2.29. The van der Waals surface area contributed by atoms with E-state index in [1.54, 1.807) is 30.1 Å². The number of nitrogens with one attached hydrogen (secondary N) is 1. The molecule has 1 heterocycles. The quantitative estimate of drug-likeness (QED) is 0.691. The Bertz CT molecular complexity index is 1010. The van der Waals surface area contributed by atoms with E-state index in [0.717, 1.165) is 17.3 Å². The summed E-state index contributed by atoms with van der Waals surface area (Å²) < 4.78 is 43.1. The number of nitrogens with zero attached hydrogens (tertiary/aromatic N) is 2. The van der Waals surface area contributed by atoms with Gasteiger partial charge in [0.2, 0.25) is 10.0 Å². The van der Waals surface area contributed by atoms with Crippen LogP contribution in [0.5, 0.6) is 0 Å². The number of halogens is 2. The molecule has 1 atom stereocenters. The van der Waals surface area contributed by atoms with Crippen LogP contribution in [0.25, 0.3) is 5.69 Å². The number of hydrogen-bond donors (Lipinski definition) is 1. The van der Waals surface area contributed by atoms with Crippen LogP contribution in [-0.2, 0) is 15.8 Å². The molecule has 136 valence electrons. The minimum atomic E-state index is -3.79. The standard InChI is InChI=1S/C18H17ClFN3O2S/c1-13(16-5-2-3-6-18(16)23-10-4-9-21-23)22-26(24,25)12-14-11-15(19)7-8-17(14)20/h2-11,13,22H,12H2,1H3. The first-order valence-electron chi connectivity index (χ1n) is 7.88. The topological polar surface area (TPSA) is 64.0 Å². The van der Waals surface area contributed by atoms with Crippen LogP contribution < -0.4 is 4.72 Å². The fourth-order valence-corrected chi connectivity index (χ4v) is 4.28. The van der Waals surface area contributed by atoms with E-state index in [0.29, 0.717) is 0 Å². The van der Waals surface area contributed by atoms with Crippen LogP contribution in [0.2, 0.25) is 5.02 Å². The maximum Gasteiger partial charge on any atom is 0.216 e. The zero-order valence-corrected chi connectivity index (χ0v) is 15.5. The third-order valence-corrected chi connectivity index (χ3v) is 5.50. The van der Waals surface area contributed by atoms with Crippen molar-refractivity contribution in [3.63, 3.8) is 0 Å². The molecule has 1 N–H and O–H groups in total. The minimum absolute atomic E-state index is 0.0255. The zero-order chi connectivity index (χ0) is 18.7. The van der Waals surface area contributed by atoms with Gasteiger partial charge in [0.15, 0.2) is 0 Å². The summed E-state index contributed by atoms with van der Waals surface area (Å²) >= 11 is 5.83. The number of para-hydroxylation sites is 1. The number of hydrogen-bond acceptors (Lipinski definition) is 3. The van der Waals surface area contributed by atoms with Crippen molar-refractivity contribution in [2.24, 2.45) is 0 Å². The van der Waals surface area contributed by atoms with E-state index in [2.05, 4.69) is 9.82 Å². The van der Waals surface area contributed by atoms with Crippen LogP contribution in [0.4, 0.5) is 4.39 Å². The molecule has 0 amide bonds. The molecule has 0 fully saturated rings. The molecular formula is C18H17ClFN3O2S. The second-order valence-corrected chi connectivity index (χ2v) is 8.03. The van der Waals surface area contributed by atoms with Gasteiger partial charge < -0.3 is 0 Å². The monoisotopic (exact) mass is 393 g/mol. The lowest BCUT2D eigenvalue weighted by molar-refractivity contribution is 0.561. The lowest BCUT2D eigenvalue weighted by Gasteiger charge is -2.18. The average molecular weight is 394 g/mol. The van der Waals surface area contributed by atoms with Crippen molar-refractivity contribution in [3.05, 3.63) is 82.9 Å². The van der Waals surface area contributed by atoms with E-state index in [-0.39, 0.29) is 10.6 Å². The van der Waals surface area contributed by atoms with Crippen LogP contribution in [0.1, 0.15) is 24.1 Å². The Hall–Kier alpha value is -2.22. The molecule has 0 saturated carbocycles. The predicted molar refractivity (Wildman–Crippen MR) is 99.1 cm³/mol. The van der Waals surface area contributed by atoms with Gasteiger partial charge >= 0.3 is 0 Å². The van der Waals surface area contributed by atoms with E-state index in [1.807, 2.05) is 24.3 Å². The van der Waals surface area contributed by atoms with Gasteiger partial charge in [0.25, 0.3) is 0 Å². The molecule has 3 rings (SSSR count). The normalized spacial score (nSPS) is 12.9. The molecular weight excluding hydrogens is 377 g/mol. The zero-order valence-electron chi connectivity index (χ0n) is 13.9. The molecule has 8 heteroatoms. The van der Waals surface area contributed by atoms with Gasteiger partial charge in [-0.1, -0.05) is 29.8 Å². The van der Waals surface area contributed by atoms with Crippen LogP contribution in [-0.4, -0.2) is 18.2 Å². The van der Waals surface area contributed by atoms with Gasteiger partial charge in [-0.25, -0.2) is 22.2 Å². The first-order chi connectivity index (χ1) is 12.4. The van der Waals surface area contributed by atoms with Crippen molar-refractivity contribution >= 4 is 21.6 Å². The molecule has 1 unspecified atom stereocenters. The summed E-state index contributed by atoms with van der Waals surface area (Å²) in [6, 6.07) is 12.5. The van der Waals surface area contributed by atoms with Crippen molar-refractivity contribution in [1.82, 2.24) is 14.5 Å². The van der Waals surface area contributed by atoms with Crippen LogP contribution in [0.15, 0.2) is 60.9 Å². The van der Waals surface area contributed by atoms with Gasteiger partial charge in [0, 0.05) is 29.0 Å². The van der Waals surface area contributed by atoms with Crippen molar-refractivity contribution in [2.45, 2.75) is 18.7 Å².